The lowest BCUT2D eigenvalue weighted by atomic mass is 9.68. The zero-order valence-electron chi connectivity index (χ0n) is 16.1. The minimum Gasteiger partial charge on any atom is -0.330 e. The number of hydrogen-bond acceptors (Lipinski definition) is 2. The van der Waals surface area contributed by atoms with E-state index in [1.165, 1.54) is 17.5 Å². The topological polar surface area (TPSA) is 29.3 Å². The van der Waals surface area contributed by atoms with Crippen LogP contribution in [0.4, 0.5) is 0 Å². The first kappa shape index (κ1) is 19.7. The Balaban J connectivity index is 1.88. The molecule has 136 valence electrons. The molecule has 0 aliphatic rings. The van der Waals surface area contributed by atoms with Crippen LogP contribution in [0.1, 0.15) is 37.8 Å². The Kier molecular flexibility index (Phi) is 7.67. The molecule has 25 heavy (non-hydrogen) atoms. The molecular formula is C23H34N2. The van der Waals surface area contributed by atoms with Gasteiger partial charge in [0.05, 0.1) is 0 Å². The fourth-order valence-corrected chi connectivity index (χ4v) is 3.73. The van der Waals surface area contributed by atoms with Gasteiger partial charge in [-0.1, -0.05) is 74.5 Å². The second-order valence-electron chi connectivity index (χ2n) is 7.52. The number of likely N-dealkylation sites (N-methyl/N-ethyl adjacent to an activating group) is 1. The minimum atomic E-state index is 0.0849. The summed E-state index contributed by atoms with van der Waals surface area (Å²) in [6.45, 7) is 7.54. The largest absolute Gasteiger partial charge is 0.330 e. The SMILES string of the molecule is CC(C)C(CN)(CCCN(C)CCc1ccccc1)c1ccccc1. The molecule has 0 radical (unpaired) electrons. The highest BCUT2D eigenvalue weighted by Gasteiger charge is 2.33. The highest BCUT2D eigenvalue weighted by molar-refractivity contribution is 5.26. The summed E-state index contributed by atoms with van der Waals surface area (Å²) in [5, 5.41) is 0. The maximum atomic E-state index is 6.28. The van der Waals surface area contributed by atoms with Gasteiger partial charge in [-0.05, 0) is 49.9 Å². The van der Waals surface area contributed by atoms with Crippen molar-refractivity contribution in [1.29, 1.82) is 0 Å². The van der Waals surface area contributed by atoms with Crippen LogP contribution in [0.25, 0.3) is 0 Å². The van der Waals surface area contributed by atoms with Crippen molar-refractivity contribution >= 4 is 0 Å². The number of rotatable bonds is 10. The molecule has 1 unspecified atom stereocenters. The molecule has 0 saturated heterocycles. The van der Waals surface area contributed by atoms with Gasteiger partial charge >= 0.3 is 0 Å². The highest BCUT2D eigenvalue weighted by Crippen LogP contribution is 2.36. The minimum absolute atomic E-state index is 0.0849. The van der Waals surface area contributed by atoms with Crippen LogP contribution in [0.2, 0.25) is 0 Å². The van der Waals surface area contributed by atoms with E-state index in [0.717, 1.165) is 25.9 Å². The Morgan fingerprint density at radius 3 is 2.08 bits per heavy atom. The van der Waals surface area contributed by atoms with Gasteiger partial charge in [0.25, 0.3) is 0 Å². The van der Waals surface area contributed by atoms with Crippen molar-refractivity contribution in [2.45, 2.75) is 38.5 Å². The third kappa shape index (κ3) is 5.42. The zero-order chi connectivity index (χ0) is 18.1. The molecule has 2 heteroatoms. The smallest absolute Gasteiger partial charge is 0.00989 e. The van der Waals surface area contributed by atoms with E-state index >= 15 is 0 Å². The summed E-state index contributed by atoms with van der Waals surface area (Å²) in [6.07, 6.45) is 3.43. The first-order valence-electron chi connectivity index (χ1n) is 9.56. The molecule has 2 aromatic rings. The third-order valence-corrected chi connectivity index (χ3v) is 5.61. The summed E-state index contributed by atoms with van der Waals surface area (Å²) in [6, 6.07) is 21.6. The number of benzene rings is 2. The monoisotopic (exact) mass is 338 g/mol. The number of hydrogen-bond donors (Lipinski definition) is 1. The van der Waals surface area contributed by atoms with Gasteiger partial charge in [0.2, 0.25) is 0 Å². The van der Waals surface area contributed by atoms with Crippen LogP contribution in [0.5, 0.6) is 0 Å². The van der Waals surface area contributed by atoms with Gasteiger partial charge < -0.3 is 10.6 Å². The van der Waals surface area contributed by atoms with Crippen molar-refractivity contribution in [3.8, 4) is 0 Å². The van der Waals surface area contributed by atoms with Gasteiger partial charge in [0, 0.05) is 18.5 Å². The van der Waals surface area contributed by atoms with Crippen LogP contribution in [-0.2, 0) is 11.8 Å². The summed E-state index contributed by atoms with van der Waals surface area (Å²) in [4.78, 5) is 2.44. The van der Waals surface area contributed by atoms with Crippen LogP contribution >= 0.6 is 0 Å². The Morgan fingerprint density at radius 2 is 1.52 bits per heavy atom. The summed E-state index contributed by atoms with van der Waals surface area (Å²) in [5.41, 5.74) is 9.17. The lowest BCUT2D eigenvalue weighted by molar-refractivity contribution is 0.256. The molecule has 2 aromatic carbocycles. The van der Waals surface area contributed by atoms with E-state index in [9.17, 15) is 0 Å². The maximum Gasteiger partial charge on any atom is 0.00989 e. The first-order chi connectivity index (χ1) is 12.1. The predicted molar refractivity (Wildman–Crippen MR) is 109 cm³/mol. The molecule has 2 rings (SSSR count). The van der Waals surface area contributed by atoms with Crippen LogP contribution in [-0.4, -0.2) is 31.6 Å². The molecule has 0 aromatic heterocycles. The van der Waals surface area contributed by atoms with E-state index in [2.05, 4.69) is 86.5 Å². The van der Waals surface area contributed by atoms with Crippen LogP contribution in [0, 0.1) is 5.92 Å². The van der Waals surface area contributed by atoms with E-state index in [1.807, 2.05) is 0 Å². The lowest BCUT2D eigenvalue weighted by Crippen LogP contribution is -2.41. The fraction of sp³-hybridized carbons (Fsp3) is 0.478. The van der Waals surface area contributed by atoms with E-state index in [1.54, 1.807) is 0 Å². The van der Waals surface area contributed by atoms with Crippen molar-refractivity contribution in [2.24, 2.45) is 11.7 Å². The summed E-state index contributed by atoms with van der Waals surface area (Å²) in [7, 11) is 2.23. The van der Waals surface area contributed by atoms with E-state index < -0.39 is 0 Å². The molecule has 1 atom stereocenters. The van der Waals surface area contributed by atoms with Crippen LogP contribution < -0.4 is 5.73 Å². The molecule has 0 amide bonds. The van der Waals surface area contributed by atoms with Crippen LogP contribution in [0.15, 0.2) is 60.7 Å². The van der Waals surface area contributed by atoms with Crippen molar-refractivity contribution < 1.29 is 0 Å². The Hall–Kier alpha value is -1.64. The van der Waals surface area contributed by atoms with Crippen molar-refractivity contribution in [3.05, 3.63) is 71.8 Å². The average Bonchev–Trinajstić information content (AvgIpc) is 2.65. The van der Waals surface area contributed by atoms with E-state index in [4.69, 9.17) is 5.73 Å². The van der Waals surface area contributed by atoms with Crippen molar-refractivity contribution in [2.75, 3.05) is 26.7 Å². The summed E-state index contributed by atoms with van der Waals surface area (Å²) < 4.78 is 0. The normalized spacial score (nSPS) is 14.0. The predicted octanol–water partition coefficient (Wildman–Crippen LogP) is 4.49. The molecule has 0 spiro atoms. The molecule has 2 N–H and O–H groups in total. The van der Waals surface area contributed by atoms with Gasteiger partial charge in [-0.25, -0.2) is 0 Å². The molecule has 0 fully saturated rings. The second kappa shape index (κ2) is 9.74. The second-order valence-corrected chi connectivity index (χ2v) is 7.52. The number of nitrogens with two attached hydrogens (primary N) is 1. The molecule has 2 nitrogen and oxygen atoms in total. The van der Waals surface area contributed by atoms with Gasteiger partial charge in [-0.15, -0.1) is 0 Å². The first-order valence-corrected chi connectivity index (χ1v) is 9.56. The lowest BCUT2D eigenvalue weighted by Gasteiger charge is -2.38. The van der Waals surface area contributed by atoms with Gasteiger partial charge in [-0.3, -0.25) is 0 Å². The molecular weight excluding hydrogens is 304 g/mol. The average molecular weight is 339 g/mol. The summed E-state index contributed by atoms with van der Waals surface area (Å²) in [5.74, 6) is 0.537. The Bertz CT molecular complexity index is 594. The van der Waals surface area contributed by atoms with Crippen molar-refractivity contribution in [1.82, 2.24) is 4.90 Å². The molecule has 0 aliphatic heterocycles. The Morgan fingerprint density at radius 1 is 0.920 bits per heavy atom. The van der Waals surface area contributed by atoms with Gasteiger partial charge in [-0.2, -0.15) is 0 Å². The number of nitrogens with zero attached hydrogens (tertiary/aromatic N) is 1. The zero-order valence-corrected chi connectivity index (χ0v) is 16.1. The van der Waals surface area contributed by atoms with Gasteiger partial charge in [0.15, 0.2) is 0 Å². The highest BCUT2D eigenvalue weighted by atomic mass is 15.1. The quantitative estimate of drug-likeness (QED) is 0.691. The Labute approximate surface area is 154 Å². The van der Waals surface area contributed by atoms with Crippen LogP contribution in [0.3, 0.4) is 0 Å². The molecule has 0 aliphatic carbocycles. The molecule has 0 heterocycles. The van der Waals surface area contributed by atoms with E-state index in [-0.39, 0.29) is 5.41 Å². The summed E-state index contributed by atoms with van der Waals surface area (Å²) >= 11 is 0. The third-order valence-electron chi connectivity index (χ3n) is 5.61. The fourth-order valence-electron chi connectivity index (χ4n) is 3.73. The molecule has 0 bridgehead atoms. The van der Waals surface area contributed by atoms with E-state index in [0.29, 0.717) is 12.5 Å². The van der Waals surface area contributed by atoms with Crippen molar-refractivity contribution in [3.63, 3.8) is 0 Å². The maximum absolute atomic E-state index is 6.28. The standard InChI is InChI=1S/C23H34N2/c1-20(2)23(19-24,22-13-8-5-9-14-22)16-10-17-25(3)18-15-21-11-6-4-7-12-21/h4-9,11-14,20H,10,15-19,24H2,1-3H3. The molecule has 0 saturated carbocycles. The van der Waals surface area contributed by atoms with Gasteiger partial charge in [0.1, 0.15) is 0 Å².